The maximum atomic E-state index is 4.27. The largest absolute Gasteiger partial charge is 0.346 e. The van der Waals surface area contributed by atoms with Gasteiger partial charge in [0.1, 0.15) is 0 Å². The molecule has 3 heterocycles. The Morgan fingerprint density at radius 1 is 1.19 bits per heavy atom. The summed E-state index contributed by atoms with van der Waals surface area (Å²) in [5, 5.41) is 5.02. The fraction of sp³-hybridized carbons (Fsp3) is 0.235. The van der Waals surface area contributed by atoms with Crippen LogP contribution in [0.5, 0.6) is 0 Å². The first-order chi connectivity index (χ1) is 9.86. The number of pyridine rings is 1. The number of nitrogens with zero attached hydrogens (tertiary/aromatic N) is 2. The monoisotopic (exact) mass is 299 g/mol. The number of hydrogen-bond acceptors (Lipinski definition) is 2. The second kappa shape index (κ2) is 5.51. The van der Waals surface area contributed by atoms with Crippen LogP contribution in [-0.2, 0) is 13.5 Å². The van der Waals surface area contributed by atoms with Crippen molar-refractivity contribution in [1.82, 2.24) is 14.9 Å². The Kier molecular flexibility index (Phi) is 3.70. The number of para-hydroxylation sites is 1. The molecule has 0 spiro atoms. The van der Waals surface area contributed by atoms with Gasteiger partial charge in [0, 0.05) is 42.6 Å². The molecule has 3 nitrogen and oxygen atoms in total. The summed E-state index contributed by atoms with van der Waals surface area (Å²) in [5.41, 5.74) is 5.41. The molecule has 1 aliphatic heterocycles. The van der Waals surface area contributed by atoms with E-state index in [-0.39, 0.29) is 18.4 Å². The van der Waals surface area contributed by atoms with Crippen molar-refractivity contribution in [2.75, 3.05) is 6.54 Å². The minimum Gasteiger partial charge on any atom is -0.346 e. The fourth-order valence-corrected chi connectivity index (χ4v) is 3.38. The van der Waals surface area contributed by atoms with Crippen LogP contribution >= 0.6 is 12.4 Å². The van der Waals surface area contributed by atoms with Crippen LogP contribution < -0.4 is 5.32 Å². The van der Waals surface area contributed by atoms with Gasteiger partial charge in [0.25, 0.3) is 0 Å². The fourth-order valence-electron chi connectivity index (χ4n) is 3.38. The molecular formula is C17H18ClN3. The topological polar surface area (TPSA) is 29.9 Å². The van der Waals surface area contributed by atoms with E-state index in [1.165, 1.54) is 27.7 Å². The van der Waals surface area contributed by atoms with Crippen molar-refractivity contribution in [2.24, 2.45) is 7.05 Å². The molecule has 0 saturated heterocycles. The Morgan fingerprint density at radius 2 is 2.05 bits per heavy atom. The normalized spacial score (nSPS) is 17.3. The van der Waals surface area contributed by atoms with E-state index in [9.17, 15) is 0 Å². The molecule has 0 saturated carbocycles. The van der Waals surface area contributed by atoms with Gasteiger partial charge in [-0.3, -0.25) is 4.98 Å². The molecular weight excluding hydrogens is 282 g/mol. The number of fused-ring (bicyclic) bond motifs is 3. The van der Waals surface area contributed by atoms with Gasteiger partial charge in [0.2, 0.25) is 0 Å². The number of hydrogen-bond donors (Lipinski definition) is 1. The molecule has 4 rings (SSSR count). The van der Waals surface area contributed by atoms with E-state index in [1.807, 2.05) is 18.5 Å². The highest BCUT2D eigenvalue weighted by molar-refractivity contribution is 5.86. The molecule has 0 amide bonds. The molecule has 0 bridgehead atoms. The van der Waals surface area contributed by atoms with Crippen LogP contribution in [0.1, 0.15) is 22.9 Å². The lowest BCUT2D eigenvalue weighted by molar-refractivity contribution is 0.540. The molecule has 108 valence electrons. The number of aromatic nitrogens is 2. The minimum atomic E-state index is 0. The second-order valence-corrected chi connectivity index (χ2v) is 5.36. The highest BCUT2D eigenvalue weighted by atomic mass is 35.5. The Morgan fingerprint density at radius 3 is 2.86 bits per heavy atom. The van der Waals surface area contributed by atoms with Gasteiger partial charge in [-0.2, -0.15) is 0 Å². The summed E-state index contributed by atoms with van der Waals surface area (Å²) in [4.78, 5) is 4.27. The van der Waals surface area contributed by atoms with Crippen LogP contribution in [0.2, 0.25) is 0 Å². The number of aryl methyl sites for hydroxylation is 1. The Hall–Kier alpha value is -1.84. The zero-order valence-electron chi connectivity index (χ0n) is 11.9. The van der Waals surface area contributed by atoms with Gasteiger partial charge in [-0.1, -0.05) is 24.3 Å². The van der Waals surface area contributed by atoms with Crippen molar-refractivity contribution in [3.05, 3.63) is 65.6 Å². The zero-order chi connectivity index (χ0) is 13.5. The first kappa shape index (κ1) is 14.1. The number of nitrogens with one attached hydrogen (secondary N) is 1. The molecule has 4 heteroatoms. The Balaban J connectivity index is 0.00000132. The zero-order valence-corrected chi connectivity index (χ0v) is 12.7. The molecule has 1 aromatic carbocycles. The van der Waals surface area contributed by atoms with Crippen LogP contribution in [0.3, 0.4) is 0 Å². The average Bonchev–Trinajstić information content (AvgIpc) is 2.82. The van der Waals surface area contributed by atoms with Gasteiger partial charge in [0.05, 0.1) is 6.04 Å². The van der Waals surface area contributed by atoms with Gasteiger partial charge in [-0.15, -0.1) is 12.4 Å². The van der Waals surface area contributed by atoms with Gasteiger partial charge in [-0.05, 0) is 29.7 Å². The quantitative estimate of drug-likeness (QED) is 0.747. The van der Waals surface area contributed by atoms with Crippen LogP contribution in [0.15, 0.2) is 48.8 Å². The van der Waals surface area contributed by atoms with Crippen LogP contribution in [0.25, 0.3) is 10.9 Å². The molecule has 1 N–H and O–H groups in total. The highest BCUT2D eigenvalue weighted by Crippen LogP contribution is 2.35. The van der Waals surface area contributed by atoms with Crippen LogP contribution in [0, 0.1) is 0 Å². The van der Waals surface area contributed by atoms with E-state index in [4.69, 9.17) is 0 Å². The molecule has 1 unspecified atom stereocenters. The van der Waals surface area contributed by atoms with E-state index in [0.29, 0.717) is 0 Å². The molecule has 0 aliphatic carbocycles. The van der Waals surface area contributed by atoms with Crippen molar-refractivity contribution in [2.45, 2.75) is 12.5 Å². The summed E-state index contributed by atoms with van der Waals surface area (Å²) in [6.07, 6.45) is 4.88. The van der Waals surface area contributed by atoms with Gasteiger partial charge in [0.15, 0.2) is 0 Å². The molecule has 21 heavy (non-hydrogen) atoms. The number of halogens is 1. The van der Waals surface area contributed by atoms with E-state index >= 15 is 0 Å². The van der Waals surface area contributed by atoms with E-state index in [1.54, 1.807) is 0 Å². The lowest BCUT2D eigenvalue weighted by Gasteiger charge is -2.26. The van der Waals surface area contributed by atoms with Crippen molar-refractivity contribution in [3.63, 3.8) is 0 Å². The second-order valence-electron chi connectivity index (χ2n) is 5.36. The molecule has 3 aromatic rings. The molecule has 1 aliphatic rings. The SMILES string of the molecule is Cl.Cn1c2c(c3ccccc31)CCNC2c1cccnc1. The van der Waals surface area contributed by atoms with Crippen molar-refractivity contribution in [1.29, 1.82) is 0 Å². The highest BCUT2D eigenvalue weighted by Gasteiger charge is 2.27. The predicted molar refractivity (Wildman–Crippen MR) is 88.0 cm³/mol. The minimum absolute atomic E-state index is 0. The summed E-state index contributed by atoms with van der Waals surface area (Å²) in [6.45, 7) is 1.01. The smallest absolute Gasteiger partial charge is 0.0749 e. The van der Waals surface area contributed by atoms with E-state index in [0.717, 1.165) is 13.0 Å². The maximum Gasteiger partial charge on any atom is 0.0749 e. The summed E-state index contributed by atoms with van der Waals surface area (Å²) in [7, 11) is 2.16. The summed E-state index contributed by atoms with van der Waals surface area (Å²) >= 11 is 0. The van der Waals surface area contributed by atoms with Gasteiger partial charge >= 0.3 is 0 Å². The maximum absolute atomic E-state index is 4.27. The third kappa shape index (κ3) is 2.13. The van der Waals surface area contributed by atoms with Crippen molar-refractivity contribution < 1.29 is 0 Å². The molecule has 1 atom stereocenters. The Bertz CT molecular complexity index is 764. The van der Waals surface area contributed by atoms with Gasteiger partial charge in [-0.25, -0.2) is 0 Å². The third-order valence-electron chi connectivity index (χ3n) is 4.28. The molecule has 0 fully saturated rings. The van der Waals surface area contributed by atoms with Crippen LogP contribution in [-0.4, -0.2) is 16.1 Å². The third-order valence-corrected chi connectivity index (χ3v) is 4.28. The van der Waals surface area contributed by atoms with Crippen molar-refractivity contribution in [3.8, 4) is 0 Å². The Labute approximate surface area is 130 Å². The molecule has 0 radical (unpaired) electrons. The number of benzene rings is 1. The summed E-state index contributed by atoms with van der Waals surface area (Å²) in [6, 6.07) is 13.1. The first-order valence-corrected chi connectivity index (χ1v) is 7.06. The standard InChI is InChI=1S/C17H17N3.ClH/c1-20-15-7-3-2-6-13(15)14-8-10-19-16(17(14)20)12-5-4-9-18-11-12;/h2-7,9,11,16,19H,8,10H2,1H3;1H. The summed E-state index contributed by atoms with van der Waals surface area (Å²) in [5.74, 6) is 0. The van der Waals surface area contributed by atoms with Crippen molar-refractivity contribution >= 4 is 23.3 Å². The van der Waals surface area contributed by atoms with Crippen LogP contribution in [0.4, 0.5) is 0 Å². The lowest BCUT2D eigenvalue weighted by Crippen LogP contribution is -2.31. The predicted octanol–water partition coefficient (Wildman–Crippen LogP) is 3.23. The van der Waals surface area contributed by atoms with Gasteiger partial charge < -0.3 is 9.88 Å². The average molecular weight is 300 g/mol. The first-order valence-electron chi connectivity index (χ1n) is 7.06. The lowest BCUT2D eigenvalue weighted by atomic mass is 9.95. The summed E-state index contributed by atoms with van der Waals surface area (Å²) < 4.78 is 2.33. The number of rotatable bonds is 1. The van der Waals surface area contributed by atoms with E-state index in [2.05, 4.69) is 52.2 Å². The van der Waals surface area contributed by atoms with E-state index < -0.39 is 0 Å². The molecule has 2 aromatic heterocycles.